The minimum absolute atomic E-state index is 0.0166. The van der Waals surface area contributed by atoms with Gasteiger partial charge in [0.1, 0.15) is 11.4 Å². The van der Waals surface area contributed by atoms with Crippen molar-refractivity contribution in [2.24, 2.45) is 4.99 Å². The van der Waals surface area contributed by atoms with Crippen molar-refractivity contribution in [3.05, 3.63) is 52.5 Å². The van der Waals surface area contributed by atoms with Gasteiger partial charge in [0.2, 0.25) is 0 Å². The van der Waals surface area contributed by atoms with Crippen LogP contribution >= 0.6 is 23.4 Å². The van der Waals surface area contributed by atoms with Gasteiger partial charge < -0.3 is 4.42 Å². The van der Waals surface area contributed by atoms with E-state index in [0.717, 1.165) is 25.7 Å². The highest BCUT2D eigenvalue weighted by Crippen LogP contribution is 2.39. The molecule has 0 N–H and O–H groups in total. The van der Waals surface area contributed by atoms with E-state index in [0.29, 0.717) is 26.7 Å². The minimum Gasteiger partial charge on any atom is -0.465 e. The van der Waals surface area contributed by atoms with Gasteiger partial charge in [-0.3, -0.25) is 9.69 Å². The molecule has 0 radical (unpaired) electrons. The summed E-state index contributed by atoms with van der Waals surface area (Å²) in [7, 11) is 0. The molecule has 3 heterocycles. The van der Waals surface area contributed by atoms with Crippen LogP contribution in [0.2, 0.25) is 5.15 Å². The first-order valence-electron chi connectivity index (χ1n) is 8.68. The number of rotatable bonds is 3. The van der Waals surface area contributed by atoms with Gasteiger partial charge in [-0.1, -0.05) is 30.9 Å². The summed E-state index contributed by atoms with van der Waals surface area (Å²) in [6.07, 6.45) is 10.5. The summed E-state index contributed by atoms with van der Waals surface area (Å²) in [5.41, 5.74) is 0.574. The molecule has 2 aromatic heterocycles. The second kappa shape index (κ2) is 7.68. The van der Waals surface area contributed by atoms with Crippen LogP contribution in [0, 0.1) is 0 Å². The van der Waals surface area contributed by atoms with Crippen LogP contribution in [0.4, 0.5) is 5.69 Å². The maximum atomic E-state index is 13.1. The van der Waals surface area contributed by atoms with Gasteiger partial charge in [-0.15, -0.1) is 0 Å². The zero-order chi connectivity index (χ0) is 17.9. The molecule has 5 nitrogen and oxygen atoms in total. The molecule has 2 aliphatic rings. The van der Waals surface area contributed by atoms with Crippen molar-refractivity contribution in [1.29, 1.82) is 0 Å². The summed E-state index contributed by atoms with van der Waals surface area (Å²) >= 11 is 7.53. The van der Waals surface area contributed by atoms with Crippen LogP contribution in [0.1, 0.15) is 37.9 Å². The molecule has 1 saturated carbocycles. The van der Waals surface area contributed by atoms with Crippen LogP contribution < -0.4 is 0 Å². The van der Waals surface area contributed by atoms with Gasteiger partial charge in [0.15, 0.2) is 10.3 Å². The molecule has 1 saturated heterocycles. The van der Waals surface area contributed by atoms with Crippen molar-refractivity contribution in [2.45, 2.75) is 38.1 Å². The molecular weight excluding hydrogens is 370 g/mol. The summed E-state index contributed by atoms with van der Waals surface area (Å²) < 4.78 is 5.37. The number of aromatic nitrogens is 1. The second-order valence-electron chi connectivity index (χ2n) is 6.30. The van der Waals surface area contributed by atoms with E-state index in [-0.39, 0.29) is 11.9 Å². The largest absolute Gasteiger partial charge is 0.465 e. The van der Waals surface area contributed by atoms with E-state index < -0.39 is 0 Å². The number of carbonyl (C=O) groups excluding carboxylic acids is 1. The average molecular weight is 388 g/mol. The van der Waals surface area contributed by atoms with Crippen molar-refractivity contribution < 1.29 is 9.21 Å². The quantitative estimate of drug-likeness (QED) is 0.532. The van der Waals surface area contributed by atoms with E-state index in [1.54, 1.807) is 36.7 Å². The molecule has 1 aliphatic heterocycles. The first-order chi connectivity index (χ1) is 12.7. The van der Waals surface area contributed by atoms with E-state index in [1.165, 1.54) is 18.2 Å². The number of carbonyl (C=O) groups is 1. The zero-order valence-electron chi connectivity index (χ0n) is 14.1. The molecule has 0 atom stereocenters. The summed E-state index contributed by atoms with van der Waals surface area (Å²) in [5.74, 6) is 0.641. The van der Waals surface area contributed by atoms with E-state index in [9.17, 15) is 4.79 Å². The van der Waals surface area contributed by atoms with Crippen LogP contribution in [-0.2, 0) is 4.79 Å². The summed E-state index contributed by atoms with van der Waals surface area (Å²) in [6, 6.07) is 7.41. The molecule has 2 fully saturated rings. The van der Waals surface area contributed by atoms with Gasteiger partial charge in [-0.2, -0.15) is 0 Å². The fraction of sp³-hybridized carbons (Fsp3) is 0.316. The Labute approximate surface area is 161 Å². The number of furan rings is 1. The normalized spacial score (nSPS) is 21.9. The Hall–Kier alpha value is -2.05. The Balaban J connectivity index is 1.71. The highest BCUT2D eigenvalue weighted by Gasteiger charge is 2.38. The Bertz CT molecular complexity index is 857. The minimum atomic E-state index is -0.0166. The van der Waals surface area contributed by atoms with Crippen LogP contribution in [0.25, 0.3) is 6.08 Å². The number of pyridine rings is 1. The Morgan fingerprint density at radius 2 is 2.12 bits per heavy atom. The number of aliphatic imine (C=N–C) groups is 1. The number of thioether (sulfide) groups is 1. The van der Waals surface area contributed by atoms with Crippen LogP contribution in [0.15, 0.2) is 51.0 Å². The molecule has 0 aromatic carbocycles. The number of hydrogen-bond donors (Lipinski definition) is 0. The van der Waals surface area contributed by atoms with Gasteiger partial charge in [0.25, 0.3) is 5.91 Å². The van der Waals surface area contributed by atoms with Gasteiger partial charge in [-0.25, -0.2) is 9.98 Å². The third-order valence-corrected chi connectivity index (χ3v) is 5.82. The molecule has 0 spiro atoms. The first-order valence-corrected chi connectivity index (χ1v) is 9.87. The standard InChI is InChI=1S/C19H18ClN3O2S/c20-17-15(9-4-10-21-17)22-19-23(13-6-2-1-3-7-13)18(24)16(26-19)12-14-8-5-11-25-14/h4-5,8-13H,1-3,6-7H2/b16-12+,22-19?. The highest BCUT2D eigenvalue weighted by molar-refractivity contribution is 8.18. The van der Waals surface area contributed by atoms with Crippen LogP contribution in [-0.4, -0.2) is 27.0 Å². The third kappa shape index (κ3) is 3.57. The number of hydrogen-bond acceptors (Lipinski definition) is 5. The average Bonchev–Trinajstić information content (AvgIpc) is 3.27. The number of nitrogens with zero attached hydrogens (tertiary/aromatic N) is 3. The first kappa shape index (κ1) is 17.4. The lowest BCUT2D eigenvalue weighted by Gasteiger charge is -2.30. The van der Waals surface area contributed by atoms with E-state index in [1.807, 2.05) is 11.0 Å². The Morgan fingerprint density at radius 3 is 2.85 bits per heavy atom. The van der Waals surface area contributed by atoms with Gasteiger partial charge in [0.05, 0.1) is 11.2 Å². The predicted molar refractivity (Wildman–Crippen MR) is 104 cm³/mol. The number of halogens is 1. The lowest BCUT2D eigenvalue weighted by Crippen LogP contribution is -2.40. The topological polar surface area (TPSA) is 58.7 Å². The SMILES string of the molecule is O=C1/C(=C\c2ccco2)SC(=Nc2cccnc2Cl)N1C1CCCCC1. The molecule has 134 valence electrons. The second-order valence-corrected chi connectivity index (χ2v) is 7.67. The monoisotopic (exact) mass is 387 g/mol. The van der Waals surface area contributed by atoms with Crippen molar-refractivity contribution in [3.8, 4) is 0 Å². The lowest BCUT2D eigenvalue weighted by molar-refractivity contribution is -0.124. The molecule has 4 rings (SSSR count). The molecule has 0 unspecified atom stereocenters. The fourth-order valence-corrected chi connectivity index (χ4v) is 4.49. The molecule has 1 aliphatic carbocycles. The maximum absolute atomic E-state index is 13.1. The third-order valence-electron chi connectivity index (χ3n) is 4.55. The summed E-state index contributed by atoms with van der Waals surface area (Å²) in [4.78, 5) is 24.3. The lowest BCUT2D eigenvalue weighted by atomic mass is 9.94. The van der Waals surface area contributed by atoms with E-state index in [2.05, 4.69) is 9.98 Å². The van der Waals surface area contributed by atoms with Gasteiger partial charge >= 0.3 is 0 Å². The molecule has 2 aromatic rings. The molecule has 7 heteroatoms. The molecule has 0 bridgehead atoms. The molecular formula is C19H18ClN3O2S. The zero-order valence-corrected chi connectivity index (χ0v) is 15.7. The van der Waals surface area contributed by atoms with Crippen molar-refractivity contribution in [2.75, 3.05) is 0 Å². The molecule has 26 heavy (non-hydrogen) atoms. The van der Waals surface area contributed by atoms with E-state index >= 15 is 0 Å². The maximum Gasteiger partial charge on any atom is 0.267 e. The van der Waals surface area contributed by atoms with Gasteiger partial charge in [0, 0.05) is 18.3 Å². The summed E-state index contributed by atoms with van der Waals surface area (Å²) in [6.45, 7) is 0. The Kier molecular flexibility index (Phi) is 5.13. The van der Waals surface area contributed by atoms with Crippen LogP contribution in [0.5, 0.6) is 0 Å². The number of amides is 1. The van der Waals surface area contributed by atoms with Crippen molar-refractivity contribution >= 4 is 46.2 Å². The predicted octanol–water partition coefficient (Wildman–Crippen LogP) is 5.26. The van der Waals surface area contributed by atoms with Crippen LogP contribution in [0.3, 0.4) is 0 Å². The van der Waals surface area contributed by atoms with E-state index in [4.69, 9.17) is 16.0 Å². The van der Waals surface area contributed by atoms with Crippen molar-refractivity contribution in [1.82, 2.24) is 9.88 Å². The van der Waals surface area contributed by atoms with Gasteiger partial charge in [-0.05, 0) is 48.9 Å². The smallest absolute Gasteiger partial charge is 0.267 e. The highest BCUT2D eigenvalue weighted by atomic mass is 35.5. The molecule has 1 amide bonds. The Morgan fingerprint density at radius 1 is 1.27 bits per heavy atom. The summed E-state index contributed by atoms with van der Waals surface area (Å²) in [5, 5.41) is 0.995. The number of amidine groups is 1. The fourth-order valence-electron chi connectivity index (χ4n) is 3.29. The van der Waals surface area contributed by atoms with Crippen molar-refractivity contribution in [3.63, 3.8) is 0 Å².